The number of aliphatic hydroxyl groups excluding tert-OH is 2. The fourth-order valence-corrected chi connectivity index (χ4v) is 9.94. The number of carbonyl (C=O) groups is 2. The van der Waals surface area contributed by atoms with Crippen molar-refractivity contribution in [1.29, 1.82) is 0 Å². The molecule has 6 heteroatoms. The zero-order valence-corrected chi connectivity index (χ0v) is 45.7. The van der Waals surface area contributed by atoms with Gasteiger partial charge in [0.25, 0.3) is 0 Å². The van der Waals surface area contributed by atoms with Gasteiger partial charge in [0.2, 0.25) is 5.91 Å². The lowest BCUT2D eigenvalue weighted by Gasteiger charge is -2.22. The van der Waals surface area contributed by atoms with Crippen molar-refractivity contribution in [2.45, 2.75) is 366 Å². The van der Waals surface area contributed by atoms with E-state index in [9.17, 15) is 19.8 Å². The number of nitrogens with one attached hydrogen (secondary N) is 1. The van der Waals surface area contributed by atoms with Gasteiger partial charge in [0, 0.05) is 12.8 Å². The molecule has 0 heterocycles. The molecule has 0 saturated heterocycles. The second kappa shape index (κ2) is 57.4. The Labute approximate surface area is 419 Å². The Bertz CT molecular complexity index is 959. The molecule has 0 fully saturated rings. The minimum absolute atomic E-state index is 0.0159. The van der Waals surface area contributed by atoms with Crippen molar-refractivity contribution in [2.75, 3.05) is 13.2 Å². The lowest BCUT2D eigenvalue weighted by Crippen LogP contribution is -2.45. The van der Waals surface area contributed by atoms with Crippen molar-refractivity contribution in [2.24, 2.45) is 0 Å². The van der Waals surface area contributed by atoms with Gasteiger partial charge in [-0.15, -0.1) is 0 Å². The van der Waals surface area contributed by atoms with Crippen molar-refractivity contribution in [3.8, 4) is 0 Å². The summed E-state index contributed by atoms with van der Waals surface area (Å²) >= 11 is 0. The van der Waals surface area contributed by atoms with Crippen LogP contribution in [0.2, 0.25) is 0 Å². The van der Waals surface area contributed by atoms with E-state index in [2.05, 4.69) is 19.2 Å². The number of hydrogen-bond donors (Lipinski definition) is 3. The normalized spacial score (nSPS) is 12.5. The molecule has 0 rings (SSSR count). The molecule has 0 aromatic rings. The summed E-state index contributed by atoms with van der Waals surface area (Å²) in [6.07, 6.45) is 66.8. The van der Waals surface area contributed by atoms with Crippen molar-refractivity contribution in [3.05, 3.63) is 0 Å². The Balaban J connectivity index is 3.34. The van der Waals surface area contributed by atoms with Gasteiger partial charge in [0.1, 0.15) is 0 Å². The highest BCUT2D eigenvalue weighted by Gasteiger charge is 2.20. The molecule has 1 amide bonds. The van der Waals surface area contributed by atoms with Gasteiger partial charge >= 0.3 is 5.97 Å². The van der Waals surface area contributed by atoms with Gasteiger partial charge in [-0.1, -0.05) is 316 Å². The van der Waals surface area contributed by atoms with Crippen LogP contribution in [-0.4, -0.2) is 47.4 Å². The Kier molecular flexibility index (Phi) is 56.5. The van der Waals surface area contributed by atoms with Crippen LogP contribution < -0.4 is 5.32 Å². The van der Waals surface area contributed by atoms with Gasteiger partial charge in [-0.05, 0) is 25.7 Å². The first kappa shape index (κ1) is 65.9. The van der Waals surface area contributed by atoms with E-state index in [4.69, 9.17) is 4.74 Å². The third-order valence-electron chi connectivity index (χ3n) is 14.7. The van der Waals surface area contributed by atoms with E-state index in [1.807, 2.05) is 0 Å². The van der Waals surface area contributed by atoms with Crippen molar-refractivity contribution < 1.29 is 24.5 Å². The van der Waals surface area contributed by atoms with E-state index in [0.717, 1.165) is 38.5 Å². The molecule has 0 aliphatic carbocycles. The van der Waals surface area contributed by atoms with E-state index in [1.165, 1.54) is 283 Å². The van der Waals surface area contributed by atoms with Crippen LogP contribution in [-0.2, 0) is 14.3 Å². The highest BCUT2D eigenvalue weighted by atomic mass is 16.5. The molecule has 67 heavy (non-hydrogen) atoms. The summed E-state index contributed by atoms with van der Waals surface area (Å²) in [6.45, 7) is 4.98. The molecule has 400 valence electrons. The van der Waals surface area contributed by atoms with Crippen molar-refractivity contribution in [3.63, 3.8) is 0 Å². The number of carbonyl (C=O) groups excluding carboxylic acids is 2. The number of ether oxygens (including phenoxy) is 1. The Hall–Kier alpha value is -1.14. The zero-order chi connectivity index (χ0) is 48.6. The summed E-state index contributed by atoms with van der Waals surface area (Å²) < 4.78 is 5.50. The summed E-state index contributed by atoms with van der Waals surface area (Å²) in [5.41, 5.74) is 0. The molecule has 2 unspecified atom stereocenters. The largest absolute Gasteiger partial charge is 0.466 e. The maximum Gasteiger partial charge on any atom is 0.305 e. The van der Waals surface area contributed by atoms with E-state index >= 15 is 0 Å². The smallest absolute Gasteiger partial charge is 0.305 e. The number of unbranched alkanes of at least 4 members (excludes halogenated alkanes) is 47. The summed E-state index contributed by atoms with van der Waals surface area (Å²) in [5, 5.41) is 23.2. The molecule has 0 saturated carbocycles. The van der Waals surface area contributed by atoms with Gasteiger partial charge in [-0.2, -0.15) is 0 Å². The molecular formula is C61H121NO5. The van der Waals surface area contributed by atoms with Gasteiger partial charge < -0.3 is 20.3 Å². The Morgan fingerprint density at radius 3 is 0.910 bits per heavy atom. The first-order chi connectivity index (χ1) is 33.0. The van der Waals surface area contributed by atoms with Crippen LogP contribution in [0.15, 0.2) is 0 Å². The monoisotopic (exact) mass is 948 g/mol. The minimum atomic E-state index is -0.663. The molecule has 6 nitrogen and oxygen atoms in total. The molecule has 0 radical (unpaired) electrons. The molecule has 0 aromatic heterocycles. The first-order valence-electron chi connectivity index (χ1n) is 30.8. The third kappa shape index (κ3) is 54.0. The number of rotatable bonds is 58. The van der Waals surface area contributed by atoms with Crippen LogP contribution in [0, 0.1) is 0 Å². The van der Waals surface area contributed by atoms with Crippen molar-refractivity contribution >= 4 is 11.9 Å². The lowest BCUT2D eigenvalue weighted by atomic mass is 10.0. The summed E-state index contributed by atoms with van der Waals surface area (Å²) in [4.78, 5) is 24.5. The van der Waals surface area contributed by atoms with Gasteiger partial charge in [0.05, 0.1) is 25.4 Å². The average Bonchev–Trinajstić information content (AvgIpc) is 3.33. The van der Waals surface area contributed by atoms with Crippen LogP contribution in [0.1, 0.15) is 354 Å². The lowest BCUT2D eigenvalue weighted by molar-refractivity contribution is -0.143. The van der Waals surface area contributed by atoms with Crippen LogP contribution in [0.5, 0.6) is 0 Å². The number of aliphatic hydroxyl groups is 2. The standard InChI is InChI=1S/C61H121NO5/c1-3-5-7-9-11-13-15-17-18-19-25-28-31-35-39-43-47-51-55-61(66)67-56-52-48-44-40-36-32-29-26-23-21-20-22-24-27-30-34-38-42-46-50-54-60(65)62-58(57-63)59(64)53-49-45-41-37-33-16-14-12-10-8-6-4-2/h58-59,63-64H,3-57H2,1-2H3,(H,62,65). The topological polar surface area (TPSA) is 95.9 Å². The average molecular weight is 949 g/mol. The molecule has 0 aromatic carbocycles. The van der Waals surface area contributed by atoms with Crippen LogP contribution in [0.3, 0.4) is 0 Å². The highest BCUT2D eigenvalue weighted by Crippen LogP contribution is 2.18. The van der Waals surface area contributed by atoms with Crippen molar-refractivity contribution in [1.82, 2.24) is 5.32 Å². The highest BCUT2D eigenvalue weighted by molar-refractivity contribution is 5.76. The number of esters is 1. The number of amides is 1. The van der Waals surface area contributed by atoms with Crippen LogP contribution in [0.4, 0.5) is 0 Å². The molecule has 0 aliphatic heterocycles. The first-order valence-corrected chi connectivity index (χ1v) is 30.8. The molecular weight excluding hydrogens is 827 g/mol. The summed E-state index contributed by atoms with van der Waals surface area (Å²) in [7, 11) is 0. The maximum atomic E-state index is 12.5. The molecule has 2 atom stereocenters. The van der Waals surface area contributed by atoms with E-state index in [1.54, 1.807) is 0 Å². The molecule has 3 N–H and O–H groups in total. The second-order valence-corrected chi connectivity index (χ2v) is 21.4. The van der Waals surface area contributed by atoms with Gasteiger partial charge in [-0.3, -0.25) is 9.59 Å². The summed E-state index contributed by atoms with van der Waals surface area (Å²) in [5.74, 6) is -0.0192. The molecule has 0 spiro atoms. The van der Waals surface area contributed by atoms with Crippen LogP contribution >= 0.6 is 0 Å². The fraction of sp³-hybridized carbons (Fsp3) is 0.967. The predicted molar refractivity (Wildman–Crippen MR) is 292 cm³/mol. The molecule has 0 aliphatic rings. The van der Waals surface area contributed by atoms with Gasteiger partial charge in [-0.25, -0.2) is 0 Å². The van der Waals surface area contributed by atoms with E-state index in [0.29, 0.717) is 25.9 Å². The zero-order valence-electron chi connectivity index (χ0n) is 45.7. The quantitative estimate of drug-likeness (QED) is 0.0417. The fourth-order valence-electron chi connectivity index (χ4n) is 9.94. The molecule has 0 bridgehead atoms. The van der Waals surface area contributed by atoms with E-state index < -0.39 is 12.1 Å². The number of hydrogen-bond acceptors (Lipinski definition) is 5. The maximum absolute atomic E-state index is 12.5. The predicted octanol–water partition coefficient (Wildman–Crippen LogP) is 19.1. The third-order valence-corrected chi connectivity index (χ3v) is 14.7. The van der Waals surface area contributed by atoms with E-state index in [-0.39, 0.29) is 18.5 Å². The van der Waals surface area contributed by atoms with Gasteiger partial charge in [0.15, 0.2) is 0 Å². The Morgan fingerprint density at radius 2 is 0.612 bits per heavy atom. The Morgan fingerprint density at radius 1 is 0.358 bits per heavy atom. The summed E-state index contributed by atoms with van der Waals surface area (Å²) in [6, 6.07) is -0.540. The minimum Gasteiger partial charge on any atom is -0.466 e. The SMILES string of the molecule is CCCCCCCCCCCCCCCCCCCCC(=O)OCCCCCCCCCCCCCCCCCCCCCCC(=O)NC(CO)C(O)CCCCCCCCCCCCCC. The second-order valence-electron chi connectivity index (χ2n) is 21.4. The van der Waals surface area contributed by atoms with Crippen LogP contribution in [0.25, 0.3) is 0 Å².